The number of carboxylic acid groups (broad SMARTS) is 3. The van der Waals surface area contributed by atoms with Crippen molar-refractivity contribution in [1.29, 1.82) is 0 Å². The Labute approximate surface area is 248 Å². The SMILES string of the molecule is C[CH-]CC(=O)NC(C)C(=O)NC(CCC(=O)NC(CCCC(N)C(=O)O)C(=O)O)C(=O)O.[CH3-].[CH3-].[K+]. The zero-order valence-corrected chi connectivity index (χ0v) is 24.1. The molecule has 4 atom stereocenters. The van der Waals surface area contributed by atoms with E-state index in [2.05, 4.69) is 16.0 Å². The number of rotatable bonds is 16. The number of nitrogens with two attached hydrogens (primary N) is 1. The minimum atomic E-state index is -1.43. The number of carbonyl (C=O) groups is 6. The van der Waals surface area contributed by atoms with E-state index in [1.165, 1.54) is 6.92 Å². The predicted molar refractivity (Wildman–Crippen MR) is 123 cm³/mol. The molecular weight excluding hydrogens is 491 g/mol. The van der Waals surface area contributed by atoms with Crippen molar-refractivity contribution in [3.63, 3.8) is 0 Å². The van der Waals surface area contributed by atoms with E-state index in [0.29, 0.717) is 0 Å². The molecule has 0 aliphatic carbocycles. The first-order chi connectivity index (χ1) is 14.9. The van der Waals surface area contributed by atoms with Gasteiger partial charge in [-0.05, 0) is 32.6 Å². The van der Waals surface area contributed by atoms with Gasteiger partial charge in [0.15, 0.2) is 5.91 Å². The van der Waals surface area contributed by atoms with Crippen LogP contribution < -0.4 is 73.1 Å². The Balaban J connectivity index is -0.00000160. The largest absolute Gasteiger partial charge is 1.00 e. The number of hydrogen-bond donors (Lipinski definition) is 7. The predicted octanol–water partition coefficient (Wildman–Crippen LogP) is -3.49. The van der Waals surface area contributed by atoms with Crippen molar-refractivity contribution in [2.45, 2.75) is 76.5 Å². The van der Waals surface area contributed by atoms with Crippen LogP contribution in [0.25, 0.3) is 0 Å². The maximum absolute atomic E-state index is 12.1. The third-order valence-corrected chi connectivity index (χ3v) is 4.39. The molecule has 0 saturated carbocycles. The van der Waals surface area contributed by atoms with Crippen molar-refractivity contribution in [2.24, 2.45) is 5.73 Å². The molecule has 35 heavy (non-hydrogen) atoms. The molecule has 0 aliphatic heterocycles. The number of amides is 3. The standard InChI is InChI=1S/C19H31N4O9.2CH3.K/c1-3-5-14(24)21-10(2)16(26)23-13(19(31)32)8-9-15(25)22-12(18(29)30)7-4-6-11(20)17(27)28;;;/h3,10-13H,4-9,20H2,1-2H3,(H,21,24)(H,22,25)(H,23,26)(H,27,28)(H,29,30)(H,31,32);2*1H3;/q3*-1;+1. The minimum absolute atomic E-state index is 0. The zero-order chi connectivity index (χ0) is 24.8. The second-order valence-corrected chi connectivity index (χ2v) is 7.17. The van der Waals surface area contributed by atoms with E-state index in [0.717, 1.165) is 0 Å². The van der Waals surface area contributed by atoms with Gasteiger partial charge >= 0.3 is 69.3 Å². The van der Waals surface area contributed by atoms with Crippen LogP contribution in [0.5, 0.6) is 0 Å². The zero-order valence-electron chi connectivity index (χ0n) is 21.0. The summed E-state index contributed by atoms with van der Waals surface area (Å²) in [5, 5.41) is 34.1. The van der Waals surface area contributed by atoms with Gasteiger partial charge in [0.1, 0.15) is 24.2 Å². The maximum atomic E-state index is 12.1. The van der Waals surface area contributed by atoms with E-state index >= 15 is 0 Å². The van der Waals surface area contributed by atoms with Crippen molar-refractivity contribution in [3.8, 4) is 0 Å². The third kappa shape index (κ3) is 18.4. The summed E-state index contributed by atoms with van der Waals surface area (Å²) in [5.41, 5.74) is 5.34. The first-order valence-electron chi connectivity index (χ1n) is 9.99. The quantitative estimate of drug-likeness (QED) is 0.0773. The molecular formula is C21H37KN4O9-2. The Morgan fingerprint density at radius 3 is 1.77 bits per heavy atom. The van der Waals surface area contributed by atoms with Crippen molar-refractivity contribution < 1.29 is 95.5 Å². The number of hydrogen-bond acceptors (Lipinski definition) is 7. The Bertz CT molecular complexity index is 706. The van der Waals surface area contributed by atoms with Crippen LogP contribution in [0.2, 0.25) is 0 Å². The second-order valence-electron chi connectivity index (χ2n) is 7.17. The smallest absolute Gasteiger partial charge is 0.480 e. The number of aliphatic carboxylic acids is 3. The van der Waals surface area contributed by atoms with Crippen LogP contribution in [0.4, 0.5) is 0 Å². The van der Waals surface area contributed by atoms with Crippen molar-refractivity contribution >= 4 is 35.6 Å². The Morgan fingerprint density at radius 1 is 0.800 bits per heavy atom. The van der Waals surface area contributed by atoms with Crippen LogP contribution in [0.1, 0.15) is 52.4 Å². The fraction of sp³-hybridized carbons (Fsp3) is 0.571. The van der Waals surface area contributed by atoms with Gasteiger partial charge < -0.3 is 58.3 Å². The summed E-state index contributed by atoms with van der Waals surface area (Å²) >= 11 is 0. The van der Waals surface area contributed by atoms with Crippen molar-refractivity contribution in [3.05, 3.63) is 21.3 Å². The van der Waals surface area contributed by atoms with Gasteiger partial charge in [-0.25, -0.2) is 9.59 Å². The molecule has 0 saturated heterocycles. The van der Waals surface area contributed by atoms with Crippen LogP contribution >= 0.6 is 0 Å². The second kappa shape index (κ2) is 21.7. The molecule has 4 unspecified atom stereocenters. The molecule has 13 nitrogen and oxygen atoms in total. The van der Waals surface area contributed by atoms with Crippen molar-refractivity contribution in [1.82, 2.24) is 16.0 Å². The van der Waals surface area contributed by atoms with E-state index in [4.69, 9.17) is 10.8 Å². The molecule has 0 aromatic rings. The Morgan fingerprint density at radius 2 is 1.31 bits per heavy atom. The van der Waals surface area contributed by atoms with E-state index in [1.807, 2.05) is 0 Å². The molecule has 0 rings (SSSR count). The summed E-state index contributed by atoms with van der Waals surface area (Å²) in [6.07, 6.45) is 1.07. The summed E-state index contributed by atoms with van der Waals surface area (Å²) in [6.45, 7) is 3.04. The van der Waals surface area contributed by atoms with Gasteiger partial charge in [-0.2, -0.15) is 6.92 Å². The first-order valence-corrected chi connectivity index (χ1v) is 9.99. The molecule has 3 amide bonds. The minimum Gasteiger partial charge on any atom is -0.480 e. The fourth-order valence-corrected chi connectivity index (χ4v) is 2.57. The van der Waals surface area contributed by atoms with Gasteiger partial charge in [0.2, 0.25) is 11.8 Å². The van der Waals surface area contributed by atoms with Gasteiger partial charge in [0.25, 0.3) is 0 Å². The van der Waals surface area contributed by atoms with Crippen LogP contribution in [-0.2, 0) is 28.8 Å². The first kappa shape index (κ1) is 40.6. The summed E-state index contributed by atoms with van der Waals surface area (Å²) in [6, 6.07) is -4.87. The van der Waals surface area contributed by atoms with Gasteiger partial charge in [0.05, 0.1) is 0 Å². The summed E-state index contributed by atoms with van der Waals surface area (Å²) < 4.78 is 0. The molecule has 0 heterocycles. The fourth-order valence-electron chi connectivity index (χ4n) is 2.57. The molecule has 198 valence electrons. The molecule has 8 N–H and O–H groups in total. The van der Waals surface area contributed by atoms with Crippen LogP contribution in [-0.4, -0.2) is 75.1 Å². The Hall–Kier alpha value is -1.58. The summed E-state index contributed by atoms with van der Waals surface area (Å²) in [7, 11) is 0. The van der Waals surface area contributed by atoms with Crippen LogP contribution in [0.15, 0.2) is 0 Å². The van der Waals surface area contributed by atoms with E-state index in [1.54, 1.807) is 13.3 Å². The van der Waals surface area contributed by atoms with Gasteiger partial charge in [-0.15, -0.1) is 0 Å². The van der Waals surface area contributed by atoms with E-state index < -0.39 is 59.8 Å². The number of nitrogens with one attached hydrogen (secondary N) is 3. The average molecular weight is 529 g/mol. The molecule has 0 radical (unpaired) electrons. The molecule has 0 spiro atoms. The maximum Gasteiger partial charge on any atom is 1.00 e. The van der Waals surface area contributed by atoms with E-state index in [-0.39, 0.29) is 105 Å². The van der Waals surface area contributed by atoms with Crippen LogP contribution in [0, 0.1) is 21.3 Å². The normalized spacial score (nSPS) is 13.1. The Kier molecular flexibility index (Phi) is 25.1. The molecule has 14 heteroatoms. The van der Waals surface area contributed by atoms with E-state index in [9.17, 15) is 39.0 Å². The monoisotopic (exact) mass is 528 g/mol. The molecule has 0 aromatic heterocycles. The molecule has 0 aliphatic rings. The van der Waals surface area contributed by atoms with Crippen LogP contribution in [0.3, 0.4) is 0 Å². The number of carbonyl (C=O) groups excluding carboxylic acids is 3. The van der Waals surface area contributed by atoms with Gasteiger partial charge in [-0.3, -0.25) is 19.2 Å². The molecule has 0 aromatic carbocycles. The van der Waals surface area contributed by atoms with Crippen molar-refractivity contribution in [2.75, 3.05) is 0 Å². The summed E-state index contributed by atoms with van der Waals surface area (Å²) in [5.74, 6) is -5.87. The topological polar surface area (TPSA) is 225 Å². The average Bonchev–Trinajstić information content (AvgIpc) is 2.69. The van der Waals surface area contributed by atoms with Gasteiger partial charge in [-0.1, -0.05) is 6.42 Å². The van der Waals surface area contributed by atoms with Gasteiger partial charge in [0, 0.05) is 6.42 Å². The molecule has 0 bridgehead atoms. The summed E-state index contributed by atoms with van der Waals surface area (Å²) in [4.78, 5) is 69.1. The third-order valence-electron chi connectivity index (χ3n) is 4.39. The molecule has 0 fully saturated rings. The number of carboxylic acids is 3.